The van der Waals surface area contributed by atoms with Crippen LogP contribution in [0.3, 0.4) is 0 Å². The minimum absolute atomic E-state index is 0.0407. The summed E-state index contributed by atoms with van der Waals surface area (Å²) in [4.78, 5) is 20.3. The Balaban J connectivity index is 1.39. The number of aromatic nitrogens is 1. The second-order valence-corrected chi connectivity index (χ2v) is 11.3. The Bertz CT molecular complexity index is 1200. The number of hydrogen-bond donors (Lipinski definition) is 0. The molecule has 160 valence electrons. The maximum atomic E-state index is 13.4. The van der Waals surface area contributed by atoms with E-state index in [2.05, 4.69) is 4.98 Å². The fraction of sp³-hybridized carbons (Fsp3) is 0.304. The lowest BCUT2D eigenvalue weighted by Gasteiger charge is -2.38. The lowest BCUT2D eigenvalue weighted by atomic mass is 9.79. The van der Waals surface area contributed by atoms with E-state index < -0.39 is 15.4 Å². The molecule has 1 amide bonds. The summed E-state index contributed by atoms with van der Waals surface area (Å²) >= 11 is 1.23. The summed E-state index contributed by atoms with van der Waals surface area (Å²) in [6, 6.07) is 18.7. The number of amides is 1. The van der Waals surface area contributed by atoms with Crippen LogP contribution in [0.4, 0.5) is 5.69 Å². The predicted molar refractivity (Wildman–Crippen MR) is 121 cm³/mol. The van der Waals surface area contributed by atoms with Crippen molar-refractivity contribution in [3.8, 4) is 10.6 Å². The molecule has 2 aliphatic rings. The molecule has 4 heterocycles. The molecule has 3 aromatic rings. The maximum absolute atomic E-state index is 13.4. The number of nitrogens with zero attached hydrogens (tertiary/aromatic N) is 3. The smallest absolute Gasteiger partial charge is 0.252 e. The van der Waals surface area contributed by atoms with E-state index in [0.717, 1.165) is 22.7 Å². The number of anilines is 1. The van der Waals surface area contributed by atoms with Crippen LogP contribution in [0.15, 0.2) is 71.1 Å². The summed E-state index contributed by atoms with van der Waals surface area (Å²) in [7, 11) is -3.66. The van der Waals surface area contributed by atoms with Crippen molar-refractivity contribution < 1.29 is 13.2 Å². The minimum Gasteiger partial charge on any atom is -0.312 e. The topological polar surface area (TPSA) is 70.6 Å². The molecule has 2 saturated heterocycles. The van der Waals surface area contributed by atoms with E-state index in [-0.39, 0.29) is 12.5 Å². The summed E-state index contributed by atoms with van der Waals surface area (Å²) in [6.45, 7) is 1.31. The highest BCUT2D eigenvalue weighted by molar-refractivity contribution is 7.91. The summed E-state index contributed by atoms with van der Waals surface area (Å²) in [5.74, 6) is 0.0407. The first kappa shape index (κ1) is 20.4. The zero-order chi connectivity index (χ0) is 21.5. The van der Waals surface area contributed by atoms with Crippen LogP contribution in [0.5, 0.6) is 0 Å². The largest absolute Gasteiger partial charge is 0.312 e. The predicted octanol–water partition coefficient (Wildman–Crippen LogP) is 4.02. The molecule has 31 heavy (non-hydrogen) atoms. The zero-order valence-electron chi connectivity index (χ0n) is 17.0. The first-order valence-electron chi connectivity index (χ1n) is 10.4. The van der Waals surface area contributed by atoms with Gasteiger partial charge in [0.1, 0.15) is 4.21 Å². The van der Waals surface area contributed by atoms with Gasteiger partial charge in [0.2, 0.25) is 5.91 Å². The molecular weight excluding hydrogens is 430 g/mol. The highest BCUT2D eigenvalue weighted by Crippen LogP contribution is 2.43. The molecule has 1 aromatic carbocycles. The molecule has 2 aliphatic heterocycles. The fourth-order valence-electron chi connectivity index (χ4n) is 4.58. The van der Waals surface area contributed by atoms with Crippen LogP contribution in [0.1, 0.15) is 19.3 Å². The van der Waals surface area contributed by atoms with Gasteiger partial charge in [-0.2, -0.15) is 4.31 Å². The van der Waals surface area contributed by atoms with Gasteiger partial charge in [-0.15, -0.1) is 11.3 Å². The normalized spacial score (nSPS) is 22.3. The van der Waals surface area contributed by atoms with E-state index in [1.54, 1.807) is 23.2 Å². The Morgan fingerprint density at radius 2 is 1.74 bits per heavy atom. The van der Waals surface area contributed by atoms with E-state index in [4.69, 9.17) is 0 Å². The molecule has 2 aromatic heterocycles. The molecule has 6 nitrogen and oxygen atoms in total. The summed E-state index contributed by atoms with van der Waals surface area (Å²) < 4.78 is 28.7. The fourth-order valence-corrected chi connectivity index (χ4v) is 7.58. The van der Waals surface area contributed by atoms with Crippen LogP contribution in [0, 0.1) is 5.41 Å². The zero-order valence-corrected chi connectivity index (χ0v) is 18.6. The van der Waals surface area contributed by atoms with Crippen LogP contribution < -0.4 is 4.90 Å². The van der Waals surface area contributed by atoms with Gasteiger partial charge in [-0.25, -0.2) is 8.42 Å². The summed E-state index contributed by atoms with van der Waals surface area (Å²) in [6.07, 6.45) is 3.79. The highest BCUT2D eigenvalue weighted by Gasteiger charge is 2.51. The van der Waals surface area contributed by atoms with Crippen molar-refractivity contribution in [3.63, 3.8) is 0 Å². The average molecular weight is 454 g/mol. The molecule has 1 unspecified atom stereocenters. The van der Waals surface area contributed by atoms with Gasteiger partial charge in [-0.3, -0.25) is 9.78 Å². The standard InChI is InChI=1S/C23H23N3O3S2/c27-22-23(13-16-26(22)18-7-2-1-3-8-18)12-6-15-25(17-23)31(28,29)21-11-10-20(30-21)19-9-4-5-14-24-19/h1-5,7-11,14H,6,12-13,15-17H2. The molecule has 5 rings (SSSR count). The number of para-hydroxylation sites is 1. The third-order valence-electron chi connectivity index (χ3n) is 6.22. The monoisotopic (exact) mass is 453 g/mol. The van der Waals surface area contributed by atoms with Crippen LogP contribution in [-0.4, -0.2) is 43.2 Å². The van der Waals surface area contributed by atoms with Crippen molar-refractivity contribution in [2.45, 2.75) is 23.5 Å². The van der Waals surface area contributed by atoms with Gasteiger partial charge >= 0.3 is 0 Å². The molecule has 0 saturated carbocycles. The number of hydrogen-bond acceptors (Lipinski definition) is 5. The second kappa shape index (κ2) is 7.85. The minimum atomic E-state index is -3.66. The Kier molecular flexibility index (Phi) is 5.16. The molecule has 0 radical (unpaired) electrons. The van der Waals surface area contributed by atoms with Crippen LogP contribution in [-0.2, 0) is 14.8 Å². The van der Waals surface area contributed by atoms with Crippen LogP contribution in [0.2, 0.25) is 0 Å². The van der Waals surface area contributed by atoms with Gasteiger partial charge in [0.25, 0.3) is 10.0 Å². The van der Waals surface area contributed by atoms with Crippen molar-refractivity contribution >= 4 is 33.0 Å². The molecule has 2 fully saturated rings. The van der Waals surface area contributed by atoms with Gasteiger partial charge in [0.15, 0.2) is 0 Å². The third kappa shape index (κ3) is 3.58. The van der Waals surface area contributed by atoms with Crippen molar-refractivity contribution in [1.82, 2.24) is 9.29 Å². The quantitative estimate of drug-likeness (QED) is 0.598. The second-order valence-electron chi connectivity index (χ2n) is 8.10. The van der Waals surface area contributed by atoms with E-state index in [9.17, 15) is 13.2 Å². The Labute approximate surface area is 186 Å². The number of rotatable bonds is 4. The molecule has 1 atom stereocenters. The molecular formula is C23H23N3O3S2. The van der Waals surface area contributed by atoms with Crippen molar-refractivity contribution in [2.24, 2.45) is 5.41 Å². The molecule has 8 heteroatoms. The van der Waals surface area contributed by atoms with E-state index >= 15 is 0 Å². The summed E-state index contributed by atoms with van der Waals surface area (Å²) in [5.41, 5.74) is 0.999. The lowest BCUT2D eigenvalue weighted by Crippen LogP contribution is -2.49. The molecule has 0 N–H and O–H groups in total. The first-order valence-corrected chi connectivity index (χ1v) is 12.6. The van der Waals surface area contributed by atoms with E-state index in [0.29, 0.717) is 30.1 Å². The number of pyridine rings is 1. The Morgan fingerprint density at radius 1 is 0.935 bits per heavy atom. The molecule has 0 bridgehead atoms. The van der Waals surface area contributed by atoms with Crippen molar-refractivity contribution in [2.75, 3.05) is 24.5 Å². The van der Waals surface area contributed by atoms with Gasteiger partial charge in [-0.05, 0) is 55.7 Å². The molecule has 0 aliphatic carbocycles. The van der Waals surface area contributed by atoms with E-state index in [1.165, 1.54) is 15.6 Å². The van der Waals surface area contributed by atoms with Crippen molar-refractivity contribution in [3.05, 3.63) is 66.9 Å². The number of sulfonamides is 1. The van der Waals surface area contributed by atoms with Crippen LogP contribution in [0.25, 0.3) is 10.6 Å². The number of carbonyl (C=O) groups is 1. The SMILES string of the molecule is O=C1N(c2ccccc2)CCC12CCCN(S(=O)(=O)c1ccc(-c3ccccn3)s1)C2. The third-order valence-corrected chi connectivity index (χ3v) is 9.64. The summed E-state index contributed by atoms with van der Waals surface area (Å²) in [5, 5.41) is 0. The average Bonchev–Trinajstić information content (AvgIpc) is 3.42. The lowest BCUT2D eigenvalue weighted by molar-refractivity contribution is -0.127. The van der Waals surface area contributed by atoms with Crippen LogP contribution >= 0.6 is 11.3 Å². The number of thiophene rings is 1. The van der Waals surface area contributed by atoms with Gasteiger partial charge in [0.05, 0.1) is 16.0 Å². The number of benzene rings is 1. The van der Waals surface area contributed by atoms with Crippen molar-refractivity contribution in [1.29, 1.82) is 0 Å². The maximum Gasteiger partial charge on any atom is 0.252 e. The Morgan fingerprint density at radius 3 is 2.52 bits per heavy atom. The number of piperidine rings is 1. The van der Waals surface area contributed by atoms with Gasteiger partial charge < -0.3 is 4.90 Å². The highest BCUT2D eigenvalue weighted by atomic mass is 32.2. The Hall–Kier alpha value is -2.55. The van der Waals surface area contributed by atoms with E-state index in [1.807, 2.05) is 48.5 Å². The molecule has 1 spiro atoms. The number of carbonyl (C=O) groups excluding carboxylic acids is 1. The van der Waals surface area contributed by atoms with Gasteiger partial charge in [-0.1, -0.05) is 24.3 Å². The van der Waals surface area contributed by atoms with Gasteiger partial charge in [0, 0.05) is 31.5 Å². The first-order chi connectivity index (χ1) is 15.0.